The molecule has 0 spiro atoms. The Morgan fingerprint density at radius 3 is 2.76 bits per heavy atom. The lowest BCUT2D eigenvalue weighted by molar-refractivity contribution is -0.145. The topological polar surface area (TPSA) is 29.5 Å². The van der Waals surface area contributed by atoms with E-state index in [4.69, 9.17) is 4.74 Å². The molecule has 0 fully saturated rings. The lowest BCUT2D eigenvalue weighted by atomic mass is 10.1. The molecule has 1 atom stereocenters. The number of carbonyl (C=O) groups excluding carboxylic acids is 1. The number of benzene rings is 1. The number of hydrogen-bond donors (Lipinski definition) is 0. The zero-order valence-corrected chi connectivity index (χ0v) is 10.0. The van der Waals surface area contributed by atoms with E-state index >= 15 is 0 Å². The van der Waals surface area contributed by atoms with Gasteiger partial charge >= 0.3 is 5.97 Å². The van der Waals surface area contributed by atoms with Crippen LogP contribution in [0.15, 0.2) is 42.6 Å². The Balaban J connectivity index is 2.10. The summed E-state index contributed by atoms with van der Waals surface area (Å²) in [6.45, 7) is 0.895. The van der Waals surface area contributed by atoms with E-state index < -0.39 is 0 Å². The zero-order valence-electron chi connectivity index (χ0n) is 10.0. The lowest BCUT2D eigenvalue weighted by Gasteiger charge is -2.25. The van der Waals surface area contributed by atoms with Crippen LogP contribution in [0, 0.1) is 0 Å². The van der Waals surface area contributed by atoms with Gasteiger partial charge in [-0.15, -0.1) is 0 Å². The summed E-state index contributed by atoms with van der Waals surface area (Å²) in [5.74, 6) is -0.166. The summed E-state index contributed by atoms with van der Waals surface area (Å²) >= 11 is 0. The van der Waals surface area contributed by atoms with E-state index in [2.05, 4.69) is 11.0 Å². The second-order valence-corrected chi connectivity index (χ2v) is 4.14. The quantitative estimate of drug-likeness (QED) is 0.742. The van der Waals surface area contributed by atoms with Crippen LogP contribution in [0.25, 0.3) is 0 Å². The minimum atomic E-state index is -0.207. The molecule has 3 heteroatoms. The van der Waals surface area contributed by atoms with E-state index in [0.29, 0.717) is 6.42 Å². The third kappa shape index (κ3) is 2.87. The van der Waals surface area contributed by atoms with Crippen molar-refractivity contribution in [3.8, 4) is 0 Å². The first-order chi connectivity index (χ1) is 8.31. The van der Waals surface area contributed by atoms with Crippen molar-refractivity contribution >= 4 is 5.97 Å². The summed E-state index contributed by atoms with van der Waals surface area (Å²) in [6.07, 6.45) is 5.77. The summed E-state index contributed by atoms with van der Waals surface area (Å²) in [7, 11) is 1.44. The van der Waals surface area contributed by atoms with E-state index in [9.17, 15) is 4.79 Å². The molecular formula is C14H17NO2. The third-order valence-corrected chi connectivity index (χ3v) is 3.00. The molecule has 1 heterocycles. The van der Waals surface area contributed by atoms with Crippen LogP contribution in [0.3, 0.4) is 0 Å². The molecule has 1 aliphatic rings. The van der Waals surface area contributed by atoms with Crippen LogP contribution in [-0.2, 0) is 16.0 Å². The Morgan fingerprint density at radius 2 is 2.18 bits per heavy atom. The summed E-state index contributed by atoms with van der Waals surface area (Å²) in [5.41, 5.74) is 1.16. The number of rotatable bonds is 4. The molecule has 3 nitrogen and oxygen atoms in total. The van der Waals surface area contributed by atoms with Gasteiger partial charge in [0.05, 0.1) is 7.11 Å². The van der Waals surface area contributed by atoms with Crippen molar-refractivity contribution in [3.63, 3.8) is 0 Å². The summed E-state index contributed by atoms with van der Waals surface area (Å²) in [4.78, 5) is 13.9. The van der Waals surface area contributed by atoms with Gasteiger partial charge in [0.25, 0.3) is 0 Å². The number of esters is 1. The fraction of sp³-hybridized carbons (Fsp3) is 0.357. The van der Waals surface area contributed by atoms with Crippen molar-refractivity contribution in [3.05, 3.63) is 48.2 Å². The van der Waals surface area contributed by atoms with Gasteiger partial charge in [0.15, 0.2) is 0 Å². The van der Waals surface area contributed by atoms with Crippen LogP contribution in [-0.4, -0.2) is 30.6 Å². The van der Waals surface area contributed by atoms with Gasteiger partial charge in [-0.25, -0.2) is 4.79 Å². The fourth-order valence-electron chi connectivity index (χ4n) is 2.08. The molecule has 17 heavy (non-hydrogen) atoms. The molecule has 0 saturated heterocycles. The largest absolute Gasteiger partial charge is 0.467 e. The van der Waals surface area contributed by atoms with Crippen molar-refractivity contribution in [2.45, 2.75) is 18.9 Å². The number of nitrogens with zero attached hydrogens (tertiary/aromatic N) is 1. The van der Waals surface area contributed by atoms with Crippen LogP contribution in [0.1, 0.15) is 12.0 Å². The van der Waals surface area contributed by atoms with Crippen LogP contribution < -0.4 is 0 Å². The number of ether oxygens (including phenoxy) is 1. The molecule has 0 radical (unpaired) electrons. The van der Waals surface area contributed by atoms with E-state index in [0.717, 1.165) is 18.5 Å². The smallest absolute Gasteiger partial charge is 0.328 e. The van der Waals surface area contributed by atoms with Crippen molar-refractivity contribution in [2.24, 2.45) is 0 Å². The normalized spacial score (nSPS) is 15.9. The Kier molecular flexibility index (Phi) is 3.81. The maximum atomic E-state index is 11.8. The summed E-state index contributed by atoms with van der Waals surface area (Å²) < 4.78 is 4.88. The molecule has 0 amide bonds. The first-order valence-corrected chi connectivity index (χ1v) is 5.85. The molecule has 1 aliphatic heterocycles. The van der Waals surface area contributed by atoms with E-state index in [1.54, 1.807) is 0 Å². The SMILES string of the molecule is COC(=O)C(Cc1ccccc1)N1C=CCC1. The molecule has 0 aliphatic carbocycles. The maximum absolute atomic E-state index is 11.8. The highest BCUT2D eigenvalue weighted by molar-refractivity contribution is 5.76. The summed E-state index contributed by atoms with van der Waals surface area (Å²) in [6, 6.07) is 9.83. The van der Waals surface area contributed by atoms with E-state index in [1.807, 2.05) is 36.5 Å². The van der Waals surface area contributed by atoms with E-state index in [1.165, 1.54) is 7.11 Å². The average Bonchev–Trinajstić information content (AvgIpc) is 2.90. The Hall–Kier alpha value is -1.77. The standard InChI is InChI=1S/C14H17NO2/c1-17-14(16)13(15-9-5-6-10-15)11-12-7-3-2-4-8-12/h2-5,7-9,13H,6,10-11H2,1H3. The molecule has 1 aromatic carbocycles. The predicted molar refractivity (Wildman–Crippen MR) is 66.4 cm³/mol. The van der Waals surface area contributed by atoms with Crippen molar-refractivity contribution in [1.82, 2.24) is 4.90 Å². The highest BCUT2D eigenvalue weighted by Gasteiger charge is 2.25. The molecule has 0 bridgehead atoms. The first-order valence-electron chi connectivity index (χ1n) is 5.85. The molecule has 0 aromatic heterocycles. The molecule has 2 rings (SSSR count). The lowest BCUT2D eigenvalue weighted by Crippen LogP contribution is -2.39. The predicted octanol–water partition coefficient (Wildman–Crippen LogP) is 1.99. The molecule has 90 valence electrons. The van der Waals surface area contributed by atoms with Gasteiger partial charge in [0.1, 0.15) is 6.04 Å². The first kappa shape index (κ1) is 11.7. The second-order valence-electron chi connectivity index (χ2n) is 4.14. The highest BCUT2D eigenvalue weighted by Crippen LogP contribution is 2.15. The van der Waals surface area contributed by atoms with Gasteiger partial charge in [0.2, 0.25) is 0 Å². The van der Waals surface area contributed by atoms with Gasteiger partial charge in [-0.2, -0.15) is 0 Å². The number of hydrogen-bond acceptors (Lipinski definition) is 3. The third-order valence-electron chi connectivity index (χ3n) is 3.00. The molecule has 0 N–H and O–H groups in total. The molecule has 1 aromatic rings. The monoisotopic (exact) mass is 231 g/mol. The molecular weight excluding hydrogens is 214 g/mol. The van der Waals surface area contributed by atoms with Gasteiger partial charge in [-0.3, -0.25) is 0 Å². The average molecular weight is 231 g/mol. The van der Waals surface area contributed by atoms with Crippen molar-refractivity contribution < 1.29 is 9.53 Å². The van der Waals surface area contributed by atoms with Gasteiger partial charge in [-0.05, 0) is 18.2 Å². The van der Waals surface area contributed by atoms with Gasteiger partial charge < -0.3 is 9.64 Å². The minimum absolute atomic E-state index is 0.166. The maximum Gasteiger partial charge on any atom is 0.328 e. The van der Waals surface area contributed by atoms with Crippen LogP contribution in [0.2, 0.25) is 0 Å². The minimum Gasteiger partial charge on any atom is -0.467 e. The van der Waals surface area contributed by atoms with Crippen LogP contribution in [0.5, 0.6) is 0 Å². The Bertz CT molecular complexity index is 400. The Labute approximate surface area is 102 Å². The highest BCUT2D eigenvalue weighted by atomic mass is 16.5. The van der Waals surface area contributed by atoms with Crippen molar-refractivity contribution in [2.75, 3.05) is 13.7 Å². The van der Waals surface area contributed by atoms with Crippen LogP contribution in [0.4, 0.5) is 0 Å². The van der Waals surface area contributed by atoms with Gasteiger partial charge in [0, 0.05) is 13.0 Å². The summed E-state index contributed by atoms with van der Waals surface area (Å²) in [5, 5.41) is 0. The number of methoxy groups -OCH3 is 1. The van der Waals surface area contributed by atoms with E-state index in [-0.39, 0.29) is 12.0 Å². The Morgan fingerprint density at radius 1 is 1.41 bits per heavy atom. The zero-order chi connectivity index (χ0) is 12.1. The van der Waals surface area contributed by atoms with Crippen molar-refractivity contribution in [1.29, 1.82) is 0 Å². The second kappa shape index (κ2) is 5.53. The van der Waals surface area contributed by atoms with Crippen LogP contribution >= 0.6 is 0 Å². The molecule has 0 saturated carbocycles. The fourth-order valence-corrected chi connectivity index (χ4v) is 2.08. The number of carbonyl (C=O) groups is 1. The molecule has 1 unspecified atom stereocenters. The van der Waals surface area contributed by atoms with Gasteiger partial charge in [-0.1, -0.05) is 36.4 Å².